The lowest BCUT2D eigenvalue weighted by atomic mass is 10.1. The molecule has 0 saturated heterocycles. The normalized spacial score (nSPS) is 13.8. The van der Waals surface area contributed by atoms with Gasteiger partial charge in [0, 0.05) is 11.0 Å². The van der Waals surface area contributed by atoms with E-state index in [9.17, 15) is 9.59 Å². The predicted octanol–water partition coefficient (Wildman–Crippen LogP) is 6.15. The molecule has 0 aliphatic heterocycles. The van der Waals surface area contributed by atoms with Crippen molar-refractivity contribution in [3.05, 3.63) is 55.9 Å². The Labute approximate surface area is 178 Å². The van der Waals surface area contributed by atoms with E-state index in [1.54, 1.807) is 31.2 Å². The van der Waals surface area contributed by atoms with Crippen LogP contribution in [0.1, 0.15) is 52.5 Å². The highest BCUT2D eigenvalue weighted by atomic mass is 35.5. The van der Waals surface area contributed by atoms with Gasteiger partial charge in [-0.2, -0.15) is 0 Å². The number of anilines is 1. The first-order valence-electron chi connectivity index (χ1n) is 9.25. The number of thiophene rings is 1. The maximum atomic E-state index is 12.5. The summed E-state index contributed by atoms with van der Waals surface area (Å²) >= 11 is 13.4. The van der Waals surface area contributed by atoms with Gasteiger partial charge in [0.15, 0.2) is 0 Å². The van der Waals surface area contributed by atoms with Gasteiger partial charge < -0.3 is 10.1 Å². The molecular weight excluding hydrogens is 417 g/mol. The average molecular weight is 438 g/mol. The molecule has 0 atom stereocenters. The molecule has 148 valence electrons. The molecule has 1 heterocycles. The number of hydrogen-bond acceptors (Lipinski definition) is 4. The third-order valence-electron chi connectivity index (χ3n) is 4.51. The minimum absolute atomic E-state index is 0.300. The molecule has 0 bridgehead atoms. The van der Waals surface area contributed by atoms with Crippen LogP contribution >= 0.6 is 34.5 Å². The summed E-state index contributed by atoms with van der Waals surface area (Å²) < 4.78 is 5.24. The quantitative estimate of drug-likeness (QED) is 0.346. The highest BCUT2D eigenvalue weighted by Gasteiger charge is 2.26. The number of esters is 1. The zero-order valence-electron chi connectivity index (χ0n) is 15.5. The van der Waals surface area contributed by atoms with E-state index in [-0.39, 0.29) is 11.9 Å². The van der Waals surface area contributed by atoms with Crippen molar-refractivity contribution in [3.63, 3.8) is 0 Å². The number of hydrogen-bond donors (Lipinski definition) is 1. The minimum atomic E-state index is -0.370. The van der Waals surface area contributed by atoms with Crippen molar-refractivity contribution in [2.45, 2.75) is 39.0 Å². The van der Waals surface area contributed by atoms with Crippen molar-refractivity contribution >= 4 is 57.5 Å². The van der Waals surface area contributed by atoms with Gasteiger partial charge in [-0.1, -0.05) is 35.7 Å². The van der Waals surface area contributed by atoms with Gasteiger partial charge in [0.05, 0.1) is 22.2 Å². The fourth-order valence-electron chi connectivity index (χ4n) is 3.19. The van der Waals surface area contributed by atoms with Crippen molar-refractivity contribution < 1.29 is 14.3 Å². The third kappa shape index (κ3) is 4.96. The molecule has 0 radical (unpaired) electrons. The van der Waals surface area contributed by atoms with Crippen LogP contribution < -0.4 is 5.32 Å². The number of halogens is 2. The molecule has 2 aromatic rings. The molecular formula is C21H21Cl2NO3S. The number of aryl methyl sites for hydroxylation is 1. The monoisotopic (exact) mass is 437 g/mol. The lowest BCUT2D eigenvalue weighted by Crippen LogP contribution is -2.13. The van der Waals surface area contributed by atoms with Crippen molar-refractivity contribution in [2.24, 2.45) is 0 Å². The van der Waals surface area contributed by atoms with Gasteiger partial charge in [-0.3, -0.25) is 4.79 Å². The van der Waals surface area contributed by atoms with Gasteiger partial charge in [0.1, 0.15) is 5.00 Å². The maximum Gasteiger partial charge on any atom is 0.341 e. The van der Waals surface area contributed by atoms with E-state index in [0.717, 1.165) is 43.2 Å². The first-order valence-corrected chi connectivity index (χ1v) is 10.8. The first-order chi connectivity index (χ1) is 13.5. The van der Waals surface area contributed by atoms with Crippen LogP contribution in [0.5, 0.6) is 0 Å². The van der Waals surface area contributed by atoms with Gasteiger partial charge in [0.2, 0.25) is 5.91 Å². The SMILES string of the molecule is CCOC(=O)c1c(NC(=O)C=Cc2ccc(Cl)c(Cl)c2)sc2c1CCCCC2. The summed E-state index contributed by atoms with van der Waals surface area (Å²) in [5, 5.41) is 4.31. The minimum Gasteiger partial charge on any atom is -0.462 e. The Morgan fingerprint density at radius 2 is 1.96 bits per heavy atom. The number of carbonyl (C=O) groups excluding carboxylic acids is 2. The Hall–Kier alpha value is -1.82. The van der Waals surface area contributed by atoms with E-state index in [4.69, 9.17) is 27.9 Å². The molecule has 0 spiro atoms. The molecule has 0 unspecified atom stereocenters. The second-order valence-corrected chi connectivity index (χ2v) is 8.40. The number of ether oxygens (including phenoxy) is 1. The molecule has 1 aromatic heterocycles. The average Bonchev–Trinajstić information content (AvgIpc) is 2.83. The summed E-state index contributed by atoms with van der Waals surface area (Å²) in [7, 11) is 0. The van der Waals surface area contributed by atoms with Crippen LogP contribution in [0.2, 0.25) is 10.0 Å². The van der Waals surface area contributed by atoms with Crippen molar-refractivity contribution in [1.82, 2.24) is 0 Å². The van der Waals surface area contributed by atoms with Gasteiger partial charge in [-0.15, -0.1) is 11.3 Å². The summed E-state index contributed by atoms with van der Waals surface area (Å²) in [6.07, 6.45) is 8.13. The lowest BCUT2D eigenvalue weighted by Gasteiger charge is -2.07. The third-order valence-corrected chi connectivity index (χ3v) is 6.45. The van der Waals surface area contributed by atoms with Crippen molar-refractivity contribution in [2.75, 3.05) is 11.9 Å². The largest absolute Gasteiger partial charge is 0.462 e. The Bertz CT molecular complexity index is 921. The number of nitrogens with one attached hydrogen (secondary N) is 1. The Morgan fingerprint density at radius 1 is 1.18 bits per heavy atom. The van der Waals surface area contributed by atoms with Crippen LogP contribution in [0, 0.1) is 0 Å². The summed E-state index contributed by atoms with van der Waals surface area (Å²) in [4.78, 5) is 26.1. The topological polar surface area (TPSA) is 55.4 Å². The molecule has 28 heavy (non-hydrogen) atoms. The second kappa shape index (κ2) is 9.59. The second-order valence-electron chi connectivity index (χ2n) is 6.49. The van der Waals surface area contributed by atoms with Gasteiger partial charge >= 0.3 is 5.97 Å². The fourth-order valence-corrected chi connectivity index (χ4v) is 4.78. The lowest BCUT2D eigenvalue weighted by molar-refractivity contribution is -0.111. The molecule has 3 rings (SSSR count). The van der Waals surface area contributed by atoms with E-state index in [2.05, 4.69) is 5.32 Å². The Kier molecular flexibility index (Phi) is 7.16. The zero-order valence-corrected chi connectivity index (χ0v) is 17.8. The predicted molar refractivity (Wildman–Crippen MR) is 116 cm³/mol. The van der Waals surface area contributed by atoms with Crippen LogP contribution in [0.3, 0.4) is 0 Å². The van der Waals surface area contributed by atoms with Crippen LogP contribution in [0.25, 0.3) is 6.08 Å². The van der Waals surface area contributed by atoms with Crippen LogP contribution in [0.15, 0.2) is 24.3 Å². The molecule has 0 fully saturated rings. The van der Waals surface area contributed by atoms with Crippen LogP contribution in [-0.4, -0.2) is 18.5 Å². The Morgan fingerprint density at radius 3 is 2.71 bits per heavy atom. The Balaban J connectivity index is 1.82. The number of amides is 1. The zero-order chi connectivity index (χ0) is 20.1. The molecule has 1 N–H and O–H groups in total. The first kappa shape index (κ1) is 20.9. The summed E-state index contributed by atoms with van der Waals surface area (Å²) in [6, 6.07) is 5.14. The maximum absolute atomic E-state index is 12.5. The molecule has 1 aliphatic rings. The standard InChI is InChI=1S/C21H21Cl2NO3S/c1-2-27-21(26)19-14-6-4-3-5-7-17(14)28-20(19)24-18(25)11-9-13-8-10-15(22)16(23)12-13/h8-12H,2-7H2,1H3,(H,24,25). The van der Waals surface area contributed by atoms with E-state index in [1.165, 1.54) is 22.3 Å². The summed E-state index contributed by atoms with van der Waals surface area (Å²) in [5.74, 6) is -0.682. The van der Waals surface area contributed by atoms with E-state index in [1.807, 2.05) is 0 Å². The van der Waals surface area contributed by atoms with Crippen LogP contribution in [-0.2, 0) is 22.4 Å². The molecule has 1 aliphatic carbocycles. The van der Waals surface area contributed by atoms with Crippen molar-refractivity contribution in [3.8, 4) is 0 Å². The summed E-state index contributed by atoms with van der Waals surface area (Å²) in [6.45, 7) is 2.08. The van der Waals surface area contributed by atoms with Crippen molar-refractivity contribution in [1.29, 1.82) is 0 Å². The molecule has 1 aromatic carbocycles. The van der Waals surface area contributed by atoms with Gasteiger partial charge in [0.25, 0.3) is 0 Å². The molecule has 1 amide bonds. The molecule has 0 saturated carbocycles. The van der Waals surface area contributed by atoms with E-state index >= 15 is 0 Å². The van der Waals surface area contributed by atoms with Crippen LogP contribution in [0.4, 0.5) is 5.00 Å². The number of carbonyl (C=O) groups is 2. The smallest absolute Gasteiger partial charge is 0.341 e. The fraction of sp³-hybridized carbons (Fsp3) is 0.333. The highest BCUT2D eigenvalue weighted by molar-refractivity contribution is 7.17. The molecule has 7 heteroatoms. The number of fused-ring (bicyclic) bond motifs is 1. The highest BCUT2D eigenvalue weighted by Crippen LogP contribution is 2.38. The number of benzene rings is 1. The number of rotatable bonds is 5. The molecule has 4 nitrogen and oxygen atoms in total. The van der Waals surface area contributed by atoms with Gasteiger partial charge in [-0.25, -0.2) is 4.79 Å². The van der Waals surface area contributed by atoms with E-state index < -0.39 is 0 Å². The summed E-state index contributed by atoms with van der Waals surface area (Å²) in [5.41, 5.74) is 2.31. The van der Waals surface area contributed by atoms with Gasteiger partial charge in [-0.05, 0) is 61.9 Å². The van der Waals surface area contributed by atoms with E-state index in [0.29, 0.717) is 27.2 Å².